The summed E-state index contributed by atoms with van der Waals surface area (Å²) in [6.07, 6.45) is -0.902. The van der Waals surface area contributed by atoms with E-state index in [1.54, 1.807) is 24.3 Å². The second-order valence-electron chi connectivity index (χ2n) is 9.04. The third-order valence-corrected chi connectivity index (χ3v) is 8.09. The number of nitrogens with zero attached hydrogens (tertiary/aromatic N) is 3. The van der Waals surface area contributed by atoms with Crippen LogP contribution >= 0.6 is 0 Å². The molecule has 0 saturated carbocycles. The number of hydrogen-bond acceptors (Lipinski definition) is 5. The van der Waals surface area contributed by atoms with Crippen LogP contribution in [0.4, 0.5) is 10.1 Å². The van der Waals surface area contributed by atoms with Gasteiger partial charge in [0.1, 0.15) is 5.82 Å². The van der Waals surface area contributed by atoms with Crippen LogP contribution in [0, 0.1) is 12.7 Å². The average molecular weight is 498 g/mol. The minimum atomic E-state index is -3.94. The van der Waals surface area contributed by atoms with Crippen LogP contribution in [0.25, 0.3) is 0 Å². The molecule has 35 heavy (non-hydrogen) atoms. The first kappa shape index (κ1) is 25.3. The summed E-state index contributed by atoms with van der Waals surface area (Å²) in [4.78, 5) is 4.67. The summed E-state index contributed by atoms with van der Waals surface area (Å²) < 4.78 is 41.6. The van der Waals surface area contributed by atoms with E-state index in [9.17, 15) is 17.9 Å². The van der Waals surface area contributed by atoms with Crippen molar-refractivity contribution in [2.45, 2.75) is 24.5 Å². The Kier molecular flexibility index (Phi) is 8.18. The van der Waals surface area contributed by atoms with Crippen LogP contribution in [-0.4, -0.2) is 68.7 Å². The number of β-amino-alcohol motifs (C(OH)–C–C–N with tert-alkyl or cyclic N) is 1. The molecule has 4 rings (SSSR count). The van der Waals surface area contributed by atoms with E-state index in [1.807, 2.05) is 25.1 Å². The highest BCUT2D eigenvalue weighted by Gasteiger charge is 2.28. The standard InChI is InChI=1S/C27H32FN3O3S/c1-22-7-13-27(14-8-22)35(33,34)31(25-11-9-24(28)10-12-25)21-26(32)20-30-17-15-29(16-18-30)19-23-5-3-2-4-6-23/h2-14,26,32H,15-21H2,1H3/t26-/m1/s1. The maximum Gasteiger partial charge on any atom is 0.264 e. The first-order valence-electron chi connectivity index (χ1n) is 11.8. The lowest BCUT2D eigenvalue weighted by Crippen LogP contribution is -2.50. The fraction of sp³-hybridized carbons (Fsp3) is 0.333. The smallest absolute Gasteiger partial charge is 0.264 e. The molecule has 0 unspecified atom stereocenters. The van der Waals surface area contributed by atoms with Crippen molar-refractivity contribution in [3.05, 3.63) is 95.8 Å². The van der Waals surface area contributed by atoms with Crippen LogP contribution in [0.5, 0.6) is 0 Å². The Morgan fingerprint density at radius 2 is 1.49 bits per heavy atom. The molecule has 6 nitrogen and oxygen atoms in total. The van der Waals surface area contributed by atoms with Gasteiger partial charge in [-0.3, -0.25) is 14.1 Å². The van der Waals surface area contributed by atoms with E-state index in [0.717, 1.165) is 38.3 Å². The lowest BCUT2D eigenvalue weighted by molar-refractivity contribution is 0.0743. The van der Waals surface area contributed by atoms with Crippen molar-refractivity contribution in [1.29, 1.82) is 0 Å². The topological polar surface area (TPSA) is 64.1 Å². The highest BCUT2D eigenvalue weighted by Crippen LogP contribution is 2.25. The summed E-state index contributed by atoms with van der Waals surface area (Å²) in [5.41, 5.74) is 2.54. The van der Waals surface area contributed by atoms with Gasteiger partial charge in [0.2, 0.25) is 0 Å². The lowest BCUT2D eigenvalue weighted by atomic mass is 10.2. The normalized spacial score (nSPS) is 16.2. The highest BCUT2D eigenvalue weighted by atomic mass is 32.2. The minimum Gasteiger partial charge on any atom is -0.390 e. The van der Waals surface area contributed by atoms with Crippen molar-refractivity contribution in [3.8, 4) is 0 Å². The predicted octanol–water partition coefficient (Wildman–Crippen LogP) is 3.51. The van der Waals surface area contributed by atoms with E-state index in [4.69, 9.17) is 0 Å². The first-order valence-corrected chi connectivity index (χ1v) is 13.3. The fourth-order valence-electron chi connectivity index (χ4n) is 4.31. The van der Waals surface area contributed by atoms with E-state index in [0.29, 0.717) is 12.2 Å². The molecule has 1 atom stereocenters. The van der Waals surface area contributed by atoms with E-state index >= 15 is 0 Å². The number of hydrogen-bond donors (Lipinski definition) is 1. The Bertz CT molecular complexity index is 1180. The molecular weight excluding hydrogens is 465 g/mol. The molecule has 8 heteroatoms. The zero-order valence-corrected chi connectivity index (χ0v) is 20.7. The molecule has 3 aromatic carbocycles. The Labute approximate surface area is 207 Å². The molecule has 1 saturated heterocycles. The zero-order valence-electron chi connectivity index (χ0n) is 19.9. The van der Waals surface area contributed by atoms with Crippen molar-refractivity contribution >= 4 is 15.7 Å². The Morgan fingerprint density at radius 1 is 0.886 bits per heavy atom. The Hall–Kier alpha value is -2.78. The zero-order chi connectivity index (χ0) is 24.8. The number of aliphatic hydroxyl groups excluding tert-OH is 1. The summed E-state index contributed by atoms with van der Waals surface area (Å²) in [6, 6.07) is 22.2. The SMILES string of the molecule is Cc1ccc(S(=O)(=O)N(C[C@H](O)CN2CCN(Cc3ccccc3)CC2)c2ccc(F)cc2)cc1. The summed E-state index contributed by atoms with van der Waals surface area (Å²) in [5.74, 6) is -0.449. The first-order chi connectivity index (χ1) is 16.8. The van der Waals surface area contributed by atoms with Crippen molar-refractivity contribution in [2.24, 2.45) is 0 Å². The Balaban J connectivity index is 1.41. The average Bonchev–Trinajstić information content (AvgIpc) is 2.85. The summed E-state index contributed by atoms with van der Waals surface area (Å²) in [7, 11) is -3.94. The van der Waals surface area contributed by atoms with Crippen LogP contribution in [0.15, 0.2) is 83.8 Å². The molecule has 0 bridgehead atoms. The van der Waals surface area contributed by atoms with Gasteiger partial charge in [0, 0.05) is 39.3 Å². The lowest BCUT2D eigenvalue weighted by Gasteiger charge is -2.36. The van der Waals surface area contributed by atoms with Gasteiger partial charge in [0.25, 0.3) is 10.0 Å². The van der Waals surface area contributed by atoms with Crippen LogP contribution in [0.2, 0.25) is 0 Å². The summed E-state index contributed by atoms with van der Waals surface area (Å²) in [5, 5.41) is 10.9. The monoisotopic (exact) mass is 497 g/mol. The van der Waals surface area contributed by atoms with E-state index in [2.05, 4.69) is 21.9 Å². The van der Waals surface area contributed by atoms with Crippen LogP contribution in [-0.2, 0) is 16.6 Å². The van der Waals surface area contributed by atoms with Gasteiger partial charge in [-0.1, -0.05) is 48.0 Å². The number of benzene rings is 3. The predicted molar refractivity (Wildman–Crippen MR) is 136 cm³/mol. The third-order valence-electron chi connectivity index (χ3n) is 6.28. The molecule has 1 N–H and O–H groups in total. The molecule has 1 fully saturated rings. The molecule has 1 aliphatic heterocycles. The second-order valence-corrected chi connectivity index (χ2v) is 10.9. The highest BCUT2D eigenvalue weighted by molar-refractivity contribution is 7.92. The summed E-state index contributed by atoms with van der Waals surface area (Å²) >= 11 is 0. The maximum absolute atomic E-state index is 13.5. The van der Waals surface area contributed by atoms with Gasteiger partial charge in [0.05, 0.1) is 23.2 Å². The van der Waals surface area contributed by atoms with Gasteiger partial charge in [-0.15, -0.1) is 0 Å². The number of piperazine rings is 1. The van der Waals surface area contributed by atoms with E-state index in [1.165, 1.54) is 34.1 Å². The maximum atomic E-state index is 13.5. The van der Waals surface area contributed by atoms with Crippen LogP contribution in [0.3, 0.4) is 0 Å². The molecular formula is C27H32FN3O3S. The van der Waals surface area contributed by atoms with Crippen molar-refractivity contribution in [3.63, 3.8) is 0 Å². The molecule has 186 valence electrons. The molecule has 1 heterocycles. The van der Waals surface area contributed by atoms with Crippen molar-refractivity contribution in [1.82, 2.24) is 9.80 Å². The number of anilines is 1. The van der Waals surface area contributed by atoms with Crippen molar-refractivity contribution in [2.75, 3.05) is 43.6 Å². The van der Waals surface area contributed by atoms with Gasteiger partial charge in [0.15, 0.2) is 0 Å². The quantitative estimate of drug-likeness (QED) is 0.490. The molecule has 1 aliphatic rings. The van der Waals surface area contributed by atoms with Gasteiger partial charge < -0.3 is 5.11 Å². The molecule has 0 amide bonds. The van der Waals surface area contributed by atoms with Gasteiger partial charge in [-0.25, -0.2) is 12.8 Å². The number of aryl methyl sites for hydroxylation is 1. The van der Waals surface area contributed by atoms with Gasteiger partial charge >= 0.3 is 0 Å². The number of sulfonamides is 1. The number of aliphatic hydroxyl groups is 1. The number of halogens is 1. The Morgan fingerprint density at radius 3 is 2.11 bits per heavy atom. The van der Waals surface area contributed by atoms with Crippen LogP contribution < -0.4 is 4.31 Å². The second kappa shape index (κ2) is 11.3. The van der Waals surface area contributed by atoms with Crippen molar-refractivity contribution < 1.29 is 17.9 Å². The molecule has 0 aliphatic carbocycles. The minimum absolute atomic E-state index is 0.119. The fourth-order valence-corrected chi connectivity index (χ4v) is 5.81. The van der Waals surface area contributed by atoms with E-state index in [-0.39, 0.29) is 11.4 Å². The third kappa shape index (κ3) is 6.67. The number of rotatable bonds is 9. The summed E-state index contributed by atoms with van der Waals surface area (Å²) in [6.45, 7) is 6.38. The van der Waals surface area contributed by atoms with E-state index < -0.39 is 21.9 Å². The van der Waals surface area contributed by atoms with Gasteiger partial charge in [-0.05, 0) is 48.9 Å². The molecule has 0 radical (unpaired) electrons. The molecule has 0 spiro atoms. The largest absolute Gasteiger partial charge is 0.390 e. The van der Waals surface area contributed by atoms with Gasteiger partial charge in [-0.2, -0.15) is 0 Å². The molecule has 0 aromatic heterocycles. The van der Waals surface area contributed by atoms with Crippen LogP contribution in [0.1, 0.15) is 11.1 Å². The molecule has 3 aromatic rings.